The highest BCUT2D eigenvalue weighted by atomic mass is 35.5. The van der Waals surface area contributed by atoms with E-state index in [1.54, 1.807) is 6.07 Å². The van der Waals surface area contributed by atoms with Crippen LogP contribution in [0.25, 0.3) is 11.2 Å². The predicted molar refractivity (Wildman–Crippen MR) is 110 cm³/mol. The van der Waals surface area contributed by atoms with Gasteiger partial charge in [-0.1, -0.05) is 29.8 Å². The lowest BCUT2D eigenvalue weighted by atomic mass is 9.92. The number of benzene rings is 1. The number of imidazole rings is 1. The summed E-state index contributed by atoms with van der Waals surface area (Å²) >= 11 is 6.10. The summed E-state index contributed by atoms with van der Waals surface area (Å²) in [6.07, 6.45) is 6.71. The van der Waals surface area contributed by atoms with E-state index in [1.807, 2.05) is 36.4 Å². The quantitative estimate of drug-likeness (QED) is 0.369. The van der Waals surface area contributed by atoms with Gasteiger partial charge in [0.2, 0.25) is 0 Å². The molecule has 0 amide bonds. The minimum atomic E-state index is 0.129. The van der Waals surface area contributed by atoms with Crippen molar-refractivity contribution in [2.24, 2.45) is 0 Å². The van der Waals surface area contributed by atoms with Crippen LogP contribution in [0.4, 0.5) is 0 Å². The summed E-state index contributed by atoms with van der Waals surface area (Å²) in [7, 11) is 0. The molecule has 0 bridgehead atoms. The highest BCUT2D eigenvalue weighted by Crippen LogP contribution is 2.35. The van der Waals surface area contributed by atoms with Gasteiger partial charge in [-0.2, -0.15) is 0 Å². The smallest absolute Gasteiger partial charge is 0.170 e. The van der Waals surface area contributed by atoms with Crippen molar-refractivity contribution >= 4 is 28.5 Å². The number of Topliss-reactive ketones (excluding diaryl/α,β-unsaturated/α-hetero) is 1. The van der Waals surface area contributed by atoms with E-state index in [1.165, 1.54) is 19.3 Å². The van der Waals surface area contributed by atoms with Crippen LogP contribution in [0.2, 0.25) is 5.15 Å². The number of ether oxygens (including phenoxy) is 1. The summed E-state index contributed by atoms with van der Waals surface area (Å²) in [6.45, 7) is 0.132. The van der Waals surface area contributed by atoms with E-state index in [4.69, 9.17) is 21.3 Å². The molecule has 1 aromatic carbocycles. The van der Waals surface area contributed by atoms with Crippen molar-refractivity contribution in [3.05, 3.63) is 53.4 Å². The summed E-state index contributed by atoms with van der Waals surface area (Å²) in [6, 6.07) is 13.6. The standard InChI is InChI=1S/C22H24ClN3O2/c23-20-14-13-19-22(25-20)26(16-7-6-8-16)21(24-19)12-5-4-9-17(27)15-28-18-10-2-1-3-11-18/h1-3,10-11,13-14,16H,4-9,12,15H2. The fourth-order valence-corrected chi connectivity index (χ4v) is 3.70. The zero-order valence-corrected chi connectivity index (χ0v) is 16.6. The van der Waals surface area contributed by atoms with Crippen molar-refractivity contribution in [2.75, 3.05) is 6.61 Å². The second kappa shape index (κ2) is 8.74. The summed E-state index contributed by atoms with van der Waals surface area (Å²) in [4.78, 5) is 21.4. The van der Waals surface area contributed by atoms with E-state index in [-0.39, 0.29) is 12.4 Å². The summed E-state index contributed by atoms with van der Waals surface area (Å²) < 4.78 is 7.79. The molecule has 0 atom stereocenters. The van der Waals surface area contributed by atoms with Gasteiger partial charge in [0.15, 0.2) is 11.4 Å². The number of carbonyl (C=O) groups is 1. The minimum absolute atomic E-state index is 0.129. The van der Waals surface area contributed by atoms with Crippen molar-refractivity contribution < 1.29 is 9.53 Å². The average molecular weight is 398 g/mol. The topological polar surface area (TPSA) is 57.0 Å². The van der Waals surface area contributed by atoms with Gasteiger partial charge < -0.3 is 9.30 Å². The number of carbonyl (C=O) groups excluding carboxylic acids is 1. The van der Waals surface area contributed by atoms with Crippen LogP contribution in [0.3, 0.4) is 0 Å². The zero-order chi connectivity index (χ0) is 19.3. The van der Waals surface area contributed by atoms with E-state index in [0.29, 0.717) is 17.6 Å². The Morgan fingerprint density at radius 1 is 1.11 bits per heavy atom. The molecule has 0 aliphatic heterocycles. The third-order valence-corrected chi connectivity index (χ3v) is 5.48. The first-order valence-electron chi connectivity index (χ1n) is 9.93. The molecule has 0 unspecified atom stereocenters. The number of pyridine rings is 1. The number of hydrogen-bond donors (Lipinski definition) is 0. The molecule has 6 heteroatoms. The Labute approximate surface area is 169 Å². The molecule has 1 aliphatic carbocycles. The summed E-state index contributed by atoms with van der Waals surface area (Å²) in [5.41, 5.74) is 1.79. The highest BCUT2D eigenvalue weighted by Gasteiger charge is 2.25. The molecule has 1 aliphatic rings. The van der Waals surface area contributed by atoms with Gasteiger partial charge in [0.25, 0.3) is 0 Å². The van der Waals surface area contributed by atoms with Crippen molar-refractivity contribution in [3.8, 4) is 5.75 Å². The first-order chi connectivity index (χ1) is 13.7. The normalized spacial score (nSPS) is 14.2. The van der Waals surface area contributed by atoms with Crippen LogP contribution in [-0.4, -0.2) is 26.9 Å². The number of rotatable bonds is 9. The molecule has 0 saturated heterocycles. The molecule has 4 rings (SSSR count). The van der Waals surface area contributed by atoms with Crippen molar-refractivity contribution in [3.63, 3.8) is 0 Å². The molecule has 3 aromatic rings. The molecule has 0 radical (unpaired) electrons. The average Bonchev–Trinajstić information content (AvgIpc) is 3.00. The van der Waals surface area contributed by atoms with Gasteiger partial charge in [-0.3, -0.25) is 4.79 Å². The summed E-state index contributed by atoms with van der Waals surface area (Å²) in [5, 5.41) is 0.503. The Bertz CT molecular complexity index is 951. The molecule has 0 N–H and O–H groups in total. The predicted octanol–water partition coefficient (Wildman–Crippen LogP) is 5.17. The third kappa shape index (κ3) is 4.36. The van der Waals surface area contributed by atoms with E-state index < -0.39 is 0 Å². The van der Waals surface area contributed by atoms with Crippen LogP contribution in [0.5, 0.6) is 5.75 Å². The molecule has 1 fully saturated rings. The molecular formula is C22H24ClN3O2. The lowest BCUT2D eigenvalue weighted by molar-refractivity contribution is -0.121. The van der Waals surface area contributed by atoms with Gasteiger partial charge in [-0.15, -0.1) is 0 Å². The second-order valence-corrected chi connectivity index (χ2v) is 7.69. The van der Waals surface area contributed by atoms with Crippen LogP contribution >= 0.6 is 11.6 Å². The minimum Gasteiger partial charge on any atom is -0.486 e. The first kappa shape index (κ1) is 18.9. The maximum Gasteiger partial charge on any atom is 0.170 e. The fourth-order valence-electron chi connectivity index (χ4n) is 3.56. The number of ketones is 1. The Kier molecular flexibility index (Phi) is 5.91. The SMILES string of the molecule is O=C(CCCCc1nc2ccc(Cl)nc2n1C1CCC1)COc1ccccc1. The molecule has 2 aromatic heterocycles. The second-order valence-electron chi connectivity index (χ2n) is 7.31. The lowest BCUT2D eigenvalue weighted by Crippen LogP contribution is -2.19. The Morgan fingerprint density at radius 2 is 1.93 bits per heavy atom. The van der Waals surface area contributed by atoms with Crippen LogP contribution in [0.1, 0.15) is 50.4 Å². The molecule has 146 valence electrons. The largest absolute Gasteiger partial charge is 0.486 e. The number of unbranched alkanes of at least 4 members (excludes halogenated alkanes) is 1. The monoisotopic (exact) mass is 397 g/mol. The maximum absolute atomic E-state index is 12.1. The number of halogens is 1. The first-order valence-corrected chi connectivity index (χ1v) is 10.3. The van der Waals surface area contributed by atoms with Crippen LogP contribution < -0.4 is 4.74 Å². The van der Waals surface area contributed by atoms with Gasteiger partial charge in [0.1, 0.15) is 28.9 Å². The highest BCUT2D eigenvalue weighted by molar-refractivity contribution is 6.29. The maximum atomic E-state index is 12.1. The molecule has 1 saturated carbocycles. The van der Waals surface area contributed by atoms with Gasteiger partial charge in [-0.25, -0.2) is 9.97 Å². The fraction of sp³-hybridized carbons (Fsp3) is 0.409. The van der Waals surface area contributed by atoms with Crippen LogP contribution in [0.15, 0.2) is 42.5 Å². The number of nitrogens with zero attached hydrogens (tertiary/aromatic N) is 3. The number of aromatic nitrogens is 3. The van der Waals surface area contributed by atoms with E-state index in [0.717, 1.165) is 42.0 Å². The molecule has 0 spiro atoms. The van der Waals surface area contributed by atoms with E-state index >= 15 is 0 Å². The Balaban J connectivity index is 1.31. The van der Waals surface area contributed by atoms with Gasteiger partial charge in [0.05, 0.1) is 0 Å². The van der Waals surface area contributed by atoms with E-state index in [2.05, 4.69) is 9.55 Å². The van der Waals surface area contributed by atoms with Crippen molar-refractivity contribution in [1.29, 1.82) is 0 Å². The van der Waals surface area contributed by atoms with Crippen LogP contribution in [0, 0.1) is 0 Å². The number of para-hydroxylation sites is 1. The number of hydrogen-bond acceptors (Lipinski definition) is 4. The zero-order valence-electron chi connectivity index (χ0n) is 15.8. The van der Waals surface area contributed by atoms with Crippen LogP contribution in [-0.2, 0) is 11.2 Å². The van der Waals surface area contributed by atoms with Gasteiger partial charge in [-0.05, 0) is 56.4 Å². The van der Waals surface area contributed by atoms with Crippen molar-refractivity contribution in [1.82, 2.24) is 14.5 Å². The molecule has 28 heavy (non-hydrogen) atoms. The molecule has 2 heterocycles. The van der Waals surface area contributed by atoms with Crippen molar-refractivity contribution in [2.45, 2.75) is 51.0 Å². The Hall–Kier alpha value is -2.40. The molecular weight excluding hydrogens is 374 g/mol. The number of fused-ring (bicyclic) bond motifs is 1. The summed E-state index contributed by atoms with van der Waals surface area (Å²) in [5.74, 6) is 1.92. The Morgan fingerprint density at radius 3 is 2.68 bits per heavy atom. The van der Waals surface area contributed by atoms with Gasteiger partial charge in [0, 0.05) is 18.9 Å². The lowest BCUT2D eigenvalue weighted by Gasteiger charge is -2.28. The van der Waals surface area contributed by atoms with E-state index in [9.17, 15) is 4.79 Å². The number of aryl methyl sites for hydroxylation is 1. The molecule has 5 nitrogen and oxygen atoms in total. The van der Waals surface area contributed by atoms with Gasteiger partial charge >= 0.3 is 0 Å². The third-order valence-electron chi connectivity index (χ3n) is 5.27.